The van der Waals surface area contributed by atoms with Crippen molar-refractivity contribution < 1.29 is 9.00 Å². The fourth-order valence-corrected chi connectivity index (χ4v) is 5.33. The number of nitrogens with one attached hydrogen (secondary N) is 2. The molecule has 2 N–H and O–H groups in total. The third-order valence-electron chi connectivity index (χ3n) is 5.11. The molecule has 0 radical (unpaired) electrons. The molecule has 3 aromatic rings. The van der Waals surface area contributed by atoms with Crippen LogP contribution in [-0.4, -0.2) is 25.3 Å². The minimum atomic E-state index is -1.10. The van der Waals surface area contributed by atoms with Gasteiger partial charge < -0.3 is 5.32 Å². The van der Waals surface area contributed by atoms with Crippen LogP contribution in [0.5, 0.6) is 0 Å². The van der Waals surface area contributed by atoms with Gasteiger partial charge in [-0.25, -0.2) is 9.19 Å². The van der Waals surface area contributed by atoms with E-state index in [0.717, 1.165) is 34.5 Å². The Kier molecular flexibility index (Phi) is 5.71. The Morgan fingerprint density at radius 3 is 2.53 bits per heavy atom. The Morgan fingerprint density at radius 2 is 1.90 bits per heavy atom. The van der Waals surface area contributed by atoms with Gasteiger partial charge in [-0.2, -0.15) is 0 Å². The second-order valence-corrected chi connectivity index (χ2v) is 10.6. The predicted octanol–water partition coefficient (Wildman–Crippen LogP) is 4.67. The standard InChI is InChI=1S/C22H24N4O2S2/c1-14-19(25-21(29-14)26-30(28)18-10-11-18)22(2,3)20(27)24-17-8-6-15(7-9-17)16-5-4-12-23-13-16/h4-9,12-13,18H,10-11H2,1-3H3,(H,24,27)(H,25,26). The van der Waals surface area contributed by atoms with Crippen LogP contribution in [0.15, 0.2) is 48.8 Å². The van der Waals surface area contributed by atoms with Crippen LogP contribution in [-0.2, 0) is 21.2 Å². The molecule has 2 aromatic heterocycles. The van der Waals surface area contributed by atoms with Gasteiger partial charge in [-0.15, -0.1) is 11.3 Å². The van der Waals surface area contributed by atoms with Gasteiger partial charge in [0.2, 0.25) is 5.91 Å². The topological polar surface area (TPSA) is 84.0 Å². The van der Waals surface area contributed by atoms with Crippen molar-refractivity contribution in [3.63, 3.8) is 0 Å². The average Bonchev–Trinajstić information content (AvgIpc) is 3.52. The summed E-state index contributed by atoms with van der Waals surface area (Å²) in [5.74, 6) is -0.139. The number of hydrogen-bond acceptors (Lipinski definition) is 5. The summed E-state index contributed by atoms with van der Waals surface area (Å²) in [6, 6.07) is 11.6. The first-order chi connectivity index (χ1) is 14.3. The molecule has 0 spiro atoms. The quantitative estimate of drug-likeness (QED) is 0.559. The minimum Gasteiger partial charge on any atom is -0.325 e. The smallest absolute Gasteiger partial charge is 0.236 e. The van der Waals surface area contributed by atoms with Gasteiger partial charge >= 0.3 is 0 Å². The molecule has 1 aliphatic rings. The third-order valence-corrected chi connectivity index (χ3v) is 7.60. The fourth-order valence-electron chi connectivity index (χ4n) is 3.15. The zero-order chi connectivity index (χ0) is 21.3. The lowest BCUT2D eigenvalue weighted by atomic mass is 9.87. The number of rotatable bonds is 7. The van der Waals surface area contributed by atoms with Gasteiger partial charge in [0, 0.05) is 23.0 Å². The molecule has 2 heterocycles. The Balaban J connectivity index is 1.47. The zero-order valence-corrected chi connectivity index (χ0v) is 18.8. The van der Waals surface area contributed by atoms with Crippen molar-refractivity contribution in [3.05, 3.63) is 59.4 Å². The highest BCUT2D eigenvalue weighted by Gasteiger charge is 2.35. The van der Waals surface area contributed by atoms with Crippen LogP contribution in [0.3, 0.4) is 0 Å². The molecular formula is C22H24N4O2S2. The molecule has 1 unspecified atom stereocenters. The van der Waals surface area contributed by atoms with Crippen molar-refractivity contribution in [2.45, 2.75) is 44.3 Å². The molecule has 156 valence electrons. The molecule has 0 saturated heterocycles. The summed E-state index contributed by atoms with van der Waals surface area (Å²) >= 11 is 1.44. The van der Waals surface area contributed by atoms with E-state index in [0.29, 0.717) is 10.8 Å². The number of thiazole rings is 1. The summed E-state index contributed by atoms with van der Waals surface area (Å²) in [7, 11) is -1.10. The number of pyridine rings is 1. The lowest BCUT2D eigenvalue weighted by molar-refractivity contribution is -0.120. The van der Waals surface area contributed by atoms with Crippen LogP contribution in [0.4, 0.5) is 10.8 Å². The summed E-state index contributed by atoms with van der Waals surface area (Å²) in [6.07, 6.45) is 5.53. The molecule has 4 rings (SSSR count). The van der Waals surface area contributed by atoms with Gasteiger partial charge in [0.15, 0.2) is 5.13 Å². The number of nitrogens with zero attached hydrogens (tertiary/aromatic N) is 2. The molecule has 1 saturated carbocycles. The van der Waals surface area contributed by atoms with Crippen molar-refractivity contribution >= 4 is 39.0 Å². The van der Waals surface area contributed by atoms with Crippen molar-refractivity contribution in [1.29, 1.82) is 0 Å². The number of carbonyl (C=O) groups is 1. The highest BCUT2D eigenvalue weighted by molar-refractivity contribution is 7.87. The predicted molar refractivity (Wildman–Crippen MR) is 123 cm³/mol. The van der Waals surface area contributed by atoms with Crippen molar-refractivity contribution in [3.8, 4) is 11.1 Å². The van der Waals surface area contributed by atoms with Gasteiger partial charge in [-0.1, -0.05) is 18.2 Å². The maximum absolute atomic E-state index is 13.1. The first-order valence-corrected chi connectivity index (χ1v) is 11.8. The molecular weight excluding hydrogens is 416 g/mol. The normalized spacial score (nSPS) is 14.9. The lowest BCUT2D eigenvalue weighted by Crippen LogP contribution is -2.35. The van der Waals surface area contributed by atoms with Crippen molar-refractivity contribution in [1.82, 2.24) is 9.97 Å². The first-order valence-electron chi connectivity index (χ1n) is 9.81. The number of benzene rings is 1. The van der Waals surface area contributed by atoms with E-state index in [-0.39, 0.29) is 11.2 Å². The summed E-state index contributed by atoms with van der Waals surface area (Å²) in [6.45, 7) is 5.65. The molecule has 1 aromatic carbocycles. The number of amides is 1. The SMILES string of the molecule is Cc1sc(NS(=O)C2CC2)nc1C(C)(C)C(=O)Nc1ccc(-c2cccnc2)cc1. The molecule has 6 nitrogen and oxygen atoms in total. The van der Waals surface area contributed by atoms with Crippen LogP contribution in [0.1, 0.15) is 37.3 Å². The van der Waals surface area contributed by atoms with Gasteiger partial charge in [-0.3, -0.25) is 14.5 Å². The largest absolute Gasteiger partial charge is 0.325 e. The first kappa shape index (κ1) is 20.7. The number of anilines is 2. The molecule has 1 amide bonds. The Labute approximate surface area is 182 Å². The summed E-state index contributed by atoms with van der Waals surface area (Å²) in [4.78, 5) is 22.7. The summed E-state index contributed by atoms with van der Waals surface area (Å²) in [5, 5.41) is 3.83. The van der Waals surface area contributed by atoms with E-state index in [4.69, 9.17) is 0 Å². The van der Waals surface area contributed by atoms with Gasteiger partial charge in [0.1, 0.15) is 11.0 Å². The van der Waals surface area contributed by atoms with E-state index in [1.165, 1.54) is 11.3 Å². The molecule has 0 aliphatic heterocycles. The maximum atomic E-state index is 13.1. The average molecular weight is 441 g/mol. The molecule has 0 bridgehead atoms. The van der Waals surface area contributed by atoms with E-state index in [1.807, 2.05) is 63.4 Å². The molecule has 1 aliphatic carbocycles. The molecule has 8 heteroatoms. The summed E-state index contributed by atoms with van der Waals surface area (Å²) < 4.78 is 15.1. The third kappa shape index (κ3) is 4.44. The highest BCUT2D eigenvalue weighted by Crippen LogP contribution is 2.34. The Hall–Kier alpha value is -2.58. The van der Waals surface area contributed by atoms with E-state index < -0.39 is 16.4 Å². The van der Waals surface area contributed by atoms with E-state index >= 15 is 0 Å². The number of aromatic nitrogens is 2. The van der Waals surface area contributed by atoms with Crippen LogP contribution < -0.4 is 10.0 Å². The van der Waals surface area contributed by atoms with E-state index in [2.05, 4.69) is 20.0 Å². The minimum absolute atomic E-state index is 0.139. The second kappa shape index (κ2) is 8.28. The molecule has 1 atom stereocenters. The van der Waals surface area contributed by atoms with Gasteiger partial charge in [-0.05, 0) is 62.9 Å². The van der Waals surface area contributed by atoms with E-state index in [1.54, 1.807) is 6.20 Å². The number of hydrogen-bond donors (Lipinski definition) is 2. The Morgan fingerprint density at radius 1 is 1.17 bits per heavy atom. The van der Waals surface area contributed by atoms with Crippen molar-refractivity contribution in [2.75, 3.05) is 10.0 Å². The summed E-state index contributed by atoms with van der Waals surface area (Å²) in [5.41, 5.74) is 2.66. The van der Waals surface area contributed by atoms with Gasteiger partial charge in [0.05, 0.1) is 16.4 Å². The number of aryl methyl sites for hydroxylation is 1. The van der Waals surface area contributed by atoms with Crippen LogP contribution in [0.2, 0.25) is 0 Å². The van der Waals surface area contributed by atoms with Crippen LogP contribution in [0, 0.1) is 6.92 Å². The van der Waals surface area contributed by atoms with Crippen LogP contribution >= 0.6 is 11.3 Å². The zero-order valence-electron chi connectivity index (χ0n) is 17.1. The number of carbonyl (C=O) groups excluding carboxylic acids is 1. The molecule has 1 fully saturated rings. The monoisotopic (exact) mass is 440 g/mol. The van der Waals surface area contributed by atoms with Crippen molar-refractivity contribution in [2.24, 2.45) is 0 Å². The Bertz CT molecular complexity index is 1070. The molecule has 30 heavy (non-hydrogen) atoms. The second-order valence-electron chi connectivity index (χ2n) is 7.92. The maximum Gasteiger partial charge on any atom is 0.236 e. The highest BCUT2D eigenvalue weighted by atomic mass is 32.2. The van der Waals surface area contributed by atoms with Crippen LogP contribution in [0.25, 0.3) is 11.1 Å². The lowest BCUT2D eigenvalue weighted by Gasteiger charge is -2.22. The van der Waals surface area contributed by atoms with E-state index in [9.17, 15) is 9.00 Å². The van der Waals surface area contributed by atoms with Gasteiger partial charge in [0.25, 0.3) is 0 Å². The fraction of sp³-hybridized carbons (Fsp3) is 0.318.